The van der Waals surface area contributed by atoms with Crippen molar-refractivity contribution in [1.82, 2.24) is 24.5 Å². The topological polar surface area (TPSA) is 91.4 Å². The first kappa shape index (κ1) is 20.3. The van der Waals surface area contributed by atoms with Crippen LogP contribution in [0.15, 0.2) is 54.5 Å². The Morgan fingerprint density at radius 1 is 0.867 bits per heavy atom. The minimum absolute atomic E-state index is 0.0510. The maximum atomic E-state index is 13.1. The molecule has 0 fully saturated rings. The lowest BCUT2D eigenvalue weighted by atomic mass is 10.5. The van der Waals surface area contributed by atoms with Crippen molar-refractivity contribution in [1.29, 1.82) is 0 Å². The van der Waals surface area contributed by atoms with Crippen LogP contribution in [-0.4, -0.2) is 37.2 Å². The lowest BCUT2D eigenvalue weighted by molar-refractivity contribution is -0.154. The Labute approximate surface area is 175 Å². The highest BCUT2D eigenvalue weighted by Gasteiger charge is 2.32. The highest BCUT2D eigenvalue weighted by atomic mass is 32.1. The highest BCUT2D eigenvalue weighted by molar-refractivity contribution is 7.71. The predicted octanol–water partition coefficient (Wildman–Crippen LogP) is 4.72. The quantitative estimate of drug-likeness (QED) is 0.364. The molecule has 0 saturated heterocycles. The van der Waals surface area contributed by atoms with E-state index in [9.17, 15) is 13.2 Å². The average molecular weight is 459 g/mol. The number of rotatable bonds is 7. The van der Waals surface area contributed by atoms with Crippen molar-refractivity contribution in [2.75, 3.05) is 6.54 Å². The molecule has 9 nitrogen and oxygen atoms in total. The van der Waals surface area contributed by atoms with Gasteiger partial charge in [0.15, 0.2) is 11.5 Å². The van der Waals surface area contributed by atoms with Gasteiger partial charge in [-0.2, -0.15) is 13.2 Å². The van der Waals surface area contributed by atoms with Crippen LogP contribution in [0.1, 0.15) is 0 Å². The molecule has 0 aliphatic rings. The lowest BCUT2D eigenvalue weighted by Crippen LogP contribution is -2.37. The maximum Gasteiger partial charge on any atom is 0.401 e. The Bertz CT molecular complexity index is 1130. The van der Waals surface area contributed by atoms with E-state index in [2.05, 4.69) is 10.2 Å². The summed E-state index contributed by atoms with van der Waals surface area (Å²) >= 11 is 10.1. The number of alkyl halides is 3. The van der Waals surface area contributed by atoms with Gasteiger partial charge in [0.1, 0.15) is 0 Å². The SMILES string of the molecule is FC(F)(F)CN(Cn1nc(-c2ccco2)oc1=S)Cn1nc(-c2ccco2)oc1=S. The molecule has 0 spiro atoms. The zero-order valence-corrected chi connectivity index (χ0v) is 16.5. The smallest absolute Gasteiger partial charge is 0.401 e. The Hall–Kier alpha value is -2.97. The van der Waals surface area contributed by atoms with Crippen LogP contribution in [0.25, 0.3) is 23.3 Å². The molecule has 4 aromatic heterocycles. The molecule has 0 aliphatic heterocycles. The van der Waals surface area contributed by atoms with Gasteiger partial charge in [0.05, 0.1) is 32.4 Å². The largest absolute Gasteiger partial charge is 0.459 e. The van der Waals surface area contributed by atoms with E-state index in [4.69, 9.17) is 42.1 Å². The van der Waals surface area contributed by atoms with Crippen molar-refractivity contribution >= 4 is 24.4 Å². The third-order valence-electron chi connectivity index (χ3n) is 3.75. The molecule has 158 valence electrons. The normalized spacial score (nSPS) is 12.1. The van der Waals surface area contributed by atoms with Crippen LogP contribution >= 0.6 is 24.4 Å². The fraction of sp³-hybridized carbons (Fsp3) is 0.250. The fourth-order valence-electron chi connectivity index (χ4n) is 2.57. The van der Waals surface area contributed by atoms with E-state index < -0.39 is 12.7 Å². The molecule has 0 aliphatic carbocycles. The van der Waals surface area contributed by atoms with E-state index in [0.29, 0.717) is 11.5 Å². The van der Waals surface area contributed by atoms with Gasteiger partial charge in [-0.05, 0) is 48.7 Å². The predicted molar refractivity (Wildman–Crippen MR) is 98.8 cm³/mol. The molecule has 4 rings (SSSR count). The van der Waals surface area contributed by atoms with E-state index in [-0.39, 0.29) is 34.8 Å². The summed E-state index contributed by atoms with van der Waals surface area (Å²) in [7, 11) is 0. The lowest BCUT2D eigenvalue weighted by Gasteiger charge is -2.22. The molecule has 0 radical (unpaired) electrons. The van der Waals surface area contributed by atoms with Crippen molar-refractivity contribution in [2.45, 2.75) is 19.5 Å². The molecular weight excluding hydrogens is 447 g/mol. The van der Waals surface area contributed by atoms with Crippen LogP contribution in [0.4, 0.5) is 13.2 Å². The molecule has 30 heavy (non-hydrogen) atoms. The first-order valence-electron chi connectivity index (χ1n) is 8.31. The van der Waals surface area contributed by atoms with Crippen LogP contribution in [0.3, 0.4) is 0 Å². The molecule has 0 unspecified atom stereocenters. The van der Waals surface area contributed by atoms with Gasteiger partial charge >= 0.3 is 6.18 Å². The van der Waals surface area contributed by atoms with Crippen LogP contribution in [-0.2, 0) is 13.3 Å². The Balaban J connectivity index is 1.59. The van der Waals surface area contributed by atoms with Gasteiger partial charge in [-0.1, -0.05) is 0 Å². The standard InChI is InChI=1S/C16H12F3N5O4S2/c17-16(18,19)7-22(8-23-14(29)27-12(20-23)10-3-1-5-25-10)9-24-15(30)28-13(21-24)11-4-2-6-26-11/h1-6H,7-9H2. The second-order valence-corrected chi connectivity index (χ2v) is 6.73. The minimum atomic E-state index is -4.49. The van der Waals surface area contributed by atoms with Crippen molar-refractivity contribution in [3.63, 3.8) is 0 Å². The van der Waals surface area contributed by atoms with Gasteiger partial charge in [-0.15, -0.1) is 10.2 Å². The van der Waals surface area contributed by atoms with Crippen LogP contribution in [0, 0.1) is 9.67 Å². The Morgan fingerprint density at radius 2 is 1.33 bits per heavy atom. The molecule has 0 saturated carbocycles. The summed E-state index contributed by atoms with van der Waals surface area (Å²) in [6, 6.07) is 6.41. The number of aromatic nitrogens is 4. The summed E-state index contributed by atoms with van der Waals surface area (Å²) in [5.41, 5.74) is 0. The second kappa shape index (κ2) is 8.04. The Kier molecular flexibility index (Phi) is 5.44. The number of nitrogens with zero attached hydrogens (tertiary/aromatic N) is 5. The van der Waals surface area contributed by atoms with Crippen LogP contribution in [0.5, 0.6) is 0 Å². The van der Waals surface area contributed by atoms with Crippen LogP contribution in [0.2, 0.25) is 0 Å². The van der Waals surface area contributed by atoms with E-state index in [1.165, 1.54) is 12.5 Å². The van der Waals surface area contributed by atoms with E-state index in [0.717, 1.165) is 14.3 Å². The number of furan rings is 2. The molecule has 0 atom stereocenters. The van der Waals surface area contributed by atoms with Gasteiger partial charge in [-0.25, -0.2) is 9.36 Å². The zero-order chi connectivity index (χ0) is 21.3. The first-order valence-corrected chi connectivity index (χ1v) is 9.13. The monoisotopic (exact) mass is 459 g/mol. The average Bonchev–Trinajstić information content (AvgIpc) is 3.43. The zero-order valence-electron chi connectivity index (χ0n) is 14.9. The second-order valence-electron chi connectivity index (χ2n) is 6.03. The highest BCUT2D eigenvalue weighted by Crippen LogP contribution is 2.22. The van der Waals surface area contributed by atoms with Crippen molar-refractivity contribution in [3.05, 3.63) is 46.5 Å². The van der Waals surface area contributed by atoms with Crippen molar-refractivity contribution in [3.8, 4) is 23.3 Å². The summed E-state index contributed by atoms with van der Waals surface area (Å²) in [5.74, 6) is 0.693. The molecule has 0 N–H and O–H groups in total. The first-order chi connectivity index (χ1) is 14.3. The molecule has 14 heteroatoms. The van der Waals surface area contributed by atoms with Crippen molar-refractivity contribution < 1.29 is 30.8 Å². The molecular formula is C16H12F3N5O4S2. The van der Waals surface area contributed by atoms with Gasteiger partial charge in [0, 0.05) is 0 Å². The number of halogens is 3. The van der Waals surface area contributed by atoms with E-state index >= 15 is 0 Å². The van der Waals surface area contributed by atoms with Gasteiger partial charge < -0.3 is 17.7 Å². The van der Waals surface area contributed by atoms with E-state index in [1.54, 1.807) is 24.3 Å². The summed E-state index contributed by atoms with van der Waals surface area (Å²) in [6.07, 6.45) is -1.68. The Morgan fingerprint density at radius 3 is 1.70 bits per heavy atom. The maximum absolute atomic E-state index is 13.1. The number of hydrogen-bond donors (Lipinski definition) is 0. The van der Waals surface area contributed by atoms with Crippen molar-refractivity contribution in [2.24, 2.45) is 0 Å². The molecule has 4 aromatic rings. The molecule has 0 aromatic carbocycles. The summed E-state index contributed by atoms with van der Waals surface area (Å²) in [4.78, 5) is 0.747. The van der Waals surface area contributed by atoms with Crippen LogP contribution < -0.4 is 0 Å². The summed E-state index contributed by atoms with van der Waals surface area (Å²) < 4.78 is 62.6. The summed E-state index contributed by atoms with van der Waals surface area (Å²) in [6.45, 7) is -1.96. The van der Waals surface area contributed by atoms with Gasteiger partial charge in [0.2, 0.25) is 0 Å². The summed E-state index contributed by atoms with van der Waals surface area (Å²) in [5, 5.41) is 8.16. The fourth-order valence-corrected chi connectivity index (χ4v) is 2.92. The van der Waals surface area contributed by atoms with Gasteiger partial charge in [-0.3, -0.25) is 4.90 Å². The number of hydrogen-bond acceptors (Lipinski definition) is 9. The molecule has 4 heterocycles. The minimum Gasteiger partial charge on any atom is -0.459 e. The van der Waals surface area contributed by atoms with E-state index in [1.807, 2.05) is 0 Å². The third-order valence-corrected chi connectivity index (χ3v) is 4.34. The molecule has 0 amide bonds. The van der Waals surface area contributed by atoms with Gasteiger partial charge in [0.25, 0.3) is 21.5 Å². The third kappa shape index (κ3) is 4.60. The molecule has 0 bridgehead atoms.